The van der Waals surface area contributed by atoms with Crippen LogP contribution in [0.1, 0.15) is 16.1 Å². The molecule has 0 unspecified atom stereocenters. The molecule has 9 heteroatoms. The highest BCUT2D eigenvalue weighted by Gasteiger charge is 2.18. The number of nitrogens with zero attached hydrogens (tertiary/aromatic N) is 5. The van der Waals surface area contributed by atoms with Crippen LogP contribution in [0, 0.1) is 5.82 Å². The van der Waals surface area contributed by atoms with Crippen molar-refractivity contribution in [3.8, 4) is 28.7 Å². The predicted molar refractivity (Wildman–Crippen MR) is 118 cm³/mol. The SMILES string of the molecule is O=C(NCc1ccccc1F)c1cn(-c2ncccc2-c2nc(-c3ccccc3)no2)cn1. The molecule has 0 radical (unpaired) electrons. The first-order chi connectivity index (χ1) is 16.2. The summed E-state index contributed by atoms with van der Waals surface area (Å²) in [5.74, 6) is 0.409. The second-order valence-corrected chi connectivity index (χ2v) is 7.10. The lowest BCUT2D eigenvalue weighted by Gasteiger charge is -2.05. The Morgan fingerprint density at radius 2 is 1.82 bits per heavy atom. The van der Waals surface area contributed by atoms with Crippen molar-refractivity contribution in [2.45, 2.75) is 6.54 Å². The number of nitrogens with one attached hydrogen (secondary N) is 1. The van der Waals surface area contributed by atoms with E-state index in [9.17, 15) is 9.18 Å². The monoisotopic (exact) mass is 440 g/mol. The third-order valence-corrected chi connectivity index (χ3v) is 4.93. The summed E-state index contributed by atoms with van der Waals surface area (Å²) < 4.78 is 20.9. The van der Waals surface area contributed by atoms with E-state index in [0.717, 1.165) is 5.56 Å². The number of hydrogen-bond acceptors (Lipinski definition) is 6. The molecule has 0 saturated heterocycles. The number of carbonyl (C=O) groups is 1. The Kier molecular flexibility index (Phi) is 5.42. The van der Waals surface area contributed by atoms with Crippen LogP contribution < -0.4 is 5.32 Å². The van der Waals surface area contributed by atoms with Gasteiger partial charge in [-0.25, -0.2) is 14.4 Å². The first-order valence-corrected chi connectivity index (χ1v) is 10.1. The van der Waals surface area contributed by atoms with Crippen LogP contribution in [-0.4, -0.2) is 30.6 Å². The summed E-state index contributed by atoms with van der Waals surface area (Å²) in [7, 11) is 0. The fraction of sp³-hybridized carbons (Fsp3) is 0.0417. The smallest absolute Gasteiger partial charge is 0.271 e. The van der Waals surface area contributed by atoms with Gasteiger partial charge < -0.3 is 9.84 Å². The van der Waals surface area contributed by atoms with Crippen molar-refractivity contribution in [3.63, 3.8) is 0 Å². The van der Waals surface area contributed by atoms with Gasteiger partial charge >= 0.3 is 0 Å². The Labute approximate surface area is 187 Å². The molecule has 5 aromatic rings. The lowest BCUT2D eigenvalue weighted by atomic mass is 10.2. The first-order valence-electron chi connectivity index (χ1n) is 10.1. The van der Waals surface area contributed by atoms with E-state index in [1.165, 1.54) is 18.6 Å². The van der Waals surface area contributed by atoms with Crippen LogP contribution in [0.4, 0.5) is 4.39 Å². The van der Waals surface area contributed by atoms with Crippen molar-refractivity contribution < 1.29 is 13.7 Å². The van der Waals surface area contributed by atoms with Crippen LogP contribution in [-0.2, 0) is 6.54 Å². The standard InChI is InChI=1S/C24H17FN6O2/c25-19-11-5-4-9-17(19)13-27-23(32)20-14-31(15-28-20)22-18(10-6-12-26-22)24-29-21(30-33-24)16-7-2-1-3-8-16/h1-12,14-15H,13H2,(H,27,32). The highest BCUT2D eigenvalue weighted by molar-refractivity contribution is 5.92. The van der Waals surface area contributed by atoms with Crippen molar-refractivity contribution in [1.29, 1.82) is 0 Å². The van der Waals surface area contributed by atoms with E-state index in [2.05, 4.69) is 25.4 Å². The summed E-state index contributed by atoms with van der Waals surface area (Å²) in [6, 6.07) is 19.3. The number of amides is 1. The Bertz CT molecular complexity index is 1410. The van der Waals surface area contributed by atoms with Gasteiger partial charge in [0.15, 0.2) is 5.82 Å². The second-order valence-electron chi connectivity index (χ2n) is 7.10. The van der Waals surface area contributed by atoms with Crippen molar-refractivity contribution in [1.82, 2.24) is 30.0 Å². The average molecular weight is 440 g/mol. The molecule has 1 N–H and O–H groups in total. The van der Waals surface area contributed by atoms with Crippen LogP contribution in [0.5, 0.6) is 0 Å². The number of halogens is 1. The van der Waals surface area contributed by atoms with Gasteiger partial charge in [0.1, 0.15) is 17.8 Å². The zero-order valence-electron chi connectivity index (χ0n) is 17.2. The minimum absolute atomic E-state index is 0.0530. The topological polar surface area (TPSA) is 98.7 Å². The van der Waals surface area contributed by atoms with Gasteiger partial charge in [-0.05, 0) is 18.2 Å². The predicted octanol–water partition coefficient (Wildman–Crippen LogP) is 4.05. The molecule has 3 heterocycles. The number of benzene rings is 2. The molecule has 0 atom stereocenters. The van der Waals surface area contributed by atoms with E-state index in [1.807, 2.05) is 30.3 Å². The summed E-state index contributed by atoms with van der Waals surface area (Å²) in [5.41, 5.74) is 1.97. The lowest BCUT2D eigenvalue weighted by molar-refractivity contribution is 0.0946. The fourth-order valence-corrected chi connectivity index (χ4v) is 3.27. The van der Waals surface area contributed by atoms with Gasteiger partial charge in [-0.15, -0.1) is 0 Å². The molecule has 5 rings (SSSR count). The van der Waals surface area contributed by atoms with Crippen LogP contribution >= 0.6 is 0 Å². The molecule has 0 spiro atoms. The molecule has 0 aliphatic carbocycles. The van der Waals surface area contributed by atoms with Gasteiger partial charge in [-0.3, -0.25) is 9.36 Å². The highest BCUT2D eigenvalue weighted by atomic mass is 19.1. The summed E-state index contributed by atoms with van der Waals surface area (Å²) >= 11 is 0. The molecule has 0 saturated carbocycles. The molecule has 3 aromatic heterocycles. The van der Waals surface area contributed by atoms with E-state index < -0.39 is 5.91 Å². The number of carbonyl (C=O) groups excluding carboxylic acids is 1. The first kappa shape index (κ1) is 20.3. The molecule has 0 aliphatic heterocycles. The molecular weight excluding hydrogens is 423 g/mol. The maximum atomic E-state index is 13.8. The minimum Gasteiger partial charge on any atom is -0.346 e. The third kappa shape index (κ3) is 4.24. The number of pyridine rings is 1. The molecule has 33 heavy (non-hydrogen) atoms. The van der Waals surface area contributed by atoms with Gasteiger partial charge in [0.05, 0.1) is 5.56 Å². The van der Waals surface area contributed by atoms with Gasteiger partial charge in [0, 0.05) is 30.1 Å². The summed E-state index contributed by atoms with van der Waals surface area (Å²) in [6.07, 6.45) is 4.63. The molecule has 0 bridgehead atoms. The zero-order chi connectivity index (χ0) is 22.6. The normalized spacial score (nSPS) is 10.8. The van der Waals surface area contributed by atoms with Crippen molar-refractivity contribution in [3.05, 3.63) is 103 Å². The maximum absolute atomic E-state index is 13.8. The van der Waals surface area contributed by atoms with Gasteiger partial charge in [-0.1, -0.05) is 53.7 Å². The number of hydrogen-bond donors (Lipinski definition) is 1. The summed E-state index contributed by atoms with van der Waals surface area (Å²) in [6.45, 7) is 0.0530. The van der Waals surface area contributed by atoms with Crippen molar-refractivity contribution >= 4 is 5.91 Å². The van der Waals surface area contributed by atoms with Crippen LogP contribution in [0.3, 0.4) is 0 Å². The Hall–Kier alpha value is -4.66. The lowest BCUT2D eigenvalue weighted by Crippen LogP contribution is -2.23. The number of rotatable bonds is 6. The molecule has 2 aromatic carbocycles. The Balaban J connectivity index is 1.38. The van der Waals surface area contributed by atoms with E-state index in [1.54, 1.807) is 41.1 Å². The molecule has 8 nitrogen and oxygen atoms in total. The van der Waals surface area contributed by atoms with Gasteiger partial charge in [0.2, 0.25) is 5.82 Å². The van der Waals surface area contributed by atoms with Crippen molar-refractivity contribution in [2.24, 2.45) is 0 Å². The summed E-state index contributed by atoms with van der Waals surface area (Å²) in [4.78, 5) is 25.6. The molecule has 162 valence electrons. The summed E-state index contributed by atoms with van der Waals surface area (Å²) in [5, 5.41) is 6.73. The van der Waals surface area contributed by atoms with Crippen LogP contribution in [0.25, 0.3) is 28.7 Å². The zero-order valence-corrected chi connectivity index (χ0v) is 17.2. The quantitative estimate of drug-likeness (QED) is 0.428. The molecule has 0 fully saturated rings. The van der Waals surface area contributed by atoms with E-state index >= 15 is 0 Å². The minimum atomic E-state index is -0.432. The van der Waals surface area contributed by atoms with Gasteiger partial charge in [0.25, 0.3) is 11.8 Å². The number of aromatic nitrogens is 5. The fourth-order valence-electron chi connectivity index (χ4n) is 3.27. The second kappa shape index (κ2) is 8.83. The van der Waals surface area contributed by atoms with E-state index in [0.29, 0.717) is 22.8 Å². The van der Waals surface area contributed by atoms with E-state index in [-0.39, 0.29) is 23.9 Å². The maximum Gasteiger partial charge on any atom is 0.271 e. The van der Waals surface area contributed by atoms with E-state index in [4.69, 9.17) is 4.52 Å². The largest absolute Gasteiger partial charge is 0.346 e. The van der Waals surface area contributed by atoms with Gasteiger partial charge in [-0.2, -0.15) is 4.98 Å². The average Bonchev–Trinajstić information content (AvgIpc) is 3.54. The van der Waals surface area contributed by atoms with Crippen LogP contribution in [0.2, 0.25) is 0 Å². The Morgan fingerprint density at radius 1 is 1.00 bits per heavy atom. The third-order valence-electron chi connectivity index (χ3n) is 4.93. The molecular formula is C24H17FN6O2. The number of imidazole rings is 1. The molecule has 1 amide bonds. The highest BCUT2D eigenvalue weighted by Crippen LogP contribution is 2.26. The Morgan fingerprint density at radius 3 is 2.67 bits per heavy atom. The van der Waals surface area contributed by atoms with Crippen molar-refractivity contribution in [2.75, 3.05) is 0 Å². The van der Waals surface area contributed by atoms with Crippen LogP contribution in [0.15, 0.2) is 90.0 Å². The molecule has 0 aliphatic rings.